The van der Waals surface area contributed by atoms with Gasteiger partial charge in [0.2, 0.25) is 0 Å². The van der Waals surface area contributed by atoms with Gasteiger partial charge < -0.3 is 0 Å². The van der Waals surface area contributed by atoms with Gasteiger partial charge in [0.1, 0.15) is 4.99 Å². The monoisotopic (exact) mass is 281 g/mol. The van der Waals surface area contributed by atoms with E-state index in [1.807, 2.05) is 0 Å². The molecular weight excluding hydrogens is 262 g/mol. The molecule has 0 aromatic heterocycles. The number of hydrogen-bond acceptors (Lipinski definition) is 4. The molecule has 1 N–H and O–H groups in total. The van der Waals surface area contributed by atoms with Gasteiger partial charge in [-0.15, -0.1) is 0 Å². The summed E-state index contributed by atoms with van der Waals surface area (Å²) in [5.74, 6) is 1.61. The van der Waals surface area contributed by atoms with Crippen LogP contribution in [0.15, 0.2) is 10.1 Å². The first-order valence-corrected chi connectivity index (χ1v) is 7.90. The average Bonchev–Trinajstić information content (AvgIpc) is 2.87. The minimum atomic E-state index is 0.259. The third-order valence-electron chi connectivity index (χ3n) is 5.36. The van der Waals surface area contributed by atoms with Crippen LogP contribution < -0.4 is 5.43 Å². The van der Waals surface area contributed by atoms with Crippen molar-refractivity contribution in [3.05, 3.63) is 0 Å². The number of thioether (sulfide) groups is 1. The molecule has 3 aliphatic rings. The topological polar surface area (TPSA) is 36.8 Å². The molecule has 2 aliphatic carbocycles. The van der Waals surface area contributed by atoms with Crippen LogP contribution in [0.4, 0.5) is 0 Å². The summed E-state index contributed by atoms with van der Waals surface area (Å²) in [5, 5.41) is 5.50. The van der Waals surface area contributed by atoms with Crippen molar-refractivity contribution < 1.29 is 0 Å². The van der Waals surface area contributed by atoms with Crippen molar-refractivity contribution in [1.82, 2.24) is 5.43 Å². The first kappa shape index (κ1) is 12.6. The maximum atomic E-state index is 5.06. The predicted octanol–water partition coefficient (Wildman–Crippen LogP) is 3.21. The highest BCUT2D eigenvalue weighted by Gasteiger charge is 2.59. The van der Waals surface area contributed by atoms with Crippen LogP contribution in [0.25, 0.3) is 0 Å². The van der Waals surface area contributed by atoms with Gasteiger partial charge in [0, 0.05) is 11.1 Å². The second kappa shape index (κ2) is 4.04. The zero-order chi connectivity index (χ0) is 13.0. The molecule has 0 amide bonds. The van der Waals surface area contributed by atoms with Gasteiger partial charge >= 0.3 is 0 Å². The van der Waals surface area contributed by atoms with Crippen LogP contribution in [0.2, 0.25) is 0 Å². The molecule has 3 rings (SSSR count). The van der Waals surface area contributed by atoms with Crippen molar-refractivity contribution in [2.24, 2.45) is 26.8 Å². The molecule has 5 heteroatoms. The Labute approximate surface area is 118 Å². The van der Waals surface area contributed by atoms with Crippen LogP contribution >= 0.6 is 24.0 Å². The van der Waals surface area contributed by atoms with E-state index in [9.17, 15) is 0 Å². The Hall–Kier alpha value is -0.420. The Morgan fingerprint density at radius 2 is 2.22 bits per heavy atom. The summed E-state index contributed by atoms with van der Waals surface area (Å²) in [7, 11) is 0. The Balaban J connectivity index is 1.79. The van der Waals surface area contributed by atoms with E-state index in [0.29, 0.717) is 5.41 Å². The predicted molar refractivity (Wildman–Crippen MR) is 82.3 cm³/mol. The Morgan fingerprint density at radius 3 is 2.72 bits per heavy atom. The molecule has 0 spiro atoms. The molecule has 0 aromatic carbocycles. The van der Waals surface area contributed by atoms with E-state index in [2.05, 4.69) is 36.3 Å². The van der Waals surface area contributed by atoms with Crippen molar-refractivity contribution >= 4 is 39.8 Å². The van der Waals surface area contributed by atoms with Gasteiger partial charge in [-0.05, 0) is 30.6 Å². The van der Waals surface area contributed by atoms with Gasteiger partial charge in [-0.1, -0.05) is 44.8 Å². The summed E-state index contributed by atoms with van der Waals surface area (Å²) in [5.41, 5.74) is 5.08. The largest absolute Gasteiger partial charge is 0.256 e. The number of hydrogen-bond donors (Lipinski definition) is 1. The SMILES string of the molecule is CC1(C)[C@@H]2CC[C@@]1(C)/C(=N/NC1=NC(=S)CS1)C2. The molecule has 0 unspecified atom stereocenters. The molecule has 2 saturated carbocycles. The first-order valence-electron chi connectivity index (χ1n) is 6.51. The van der Waals surface area contributed by atoms with Gasteiger partial charge in [0.15, 0.2) is 5.17 Å². The molecule has 98 valence electrons. The maximum Gasteiger partial charge on any atom is 0.183 e. The summed E-state index contributed by atoms with van der Waals surface area (Å²) in [6.07, 6.45) is 3.75. The zero-order valence-corrected chi connectivity index (χ0v) is 12.7. The number of nitrogens with one attached hydrogen (secondary N) is 1. The van der Waals surface area contributed by atoms with E-state index in [1.165, 1.54) is 18.6 Å². The van der Waals surface area contributed by atoms with Gasteiger partial charge in [-0.25, -0.2) is 4.99 Å². The quantitative estimate of drug-likeness (QED) is 0.592. The molecular formula is C13H19N3S2. The molecule has 2 bridgehead atoms. The number of nitrogens with zero attached hydrogens (tertiary/aromatic N) is 2. The number of amidine groups is 1. The molecule has 0 aromatic rings. The van der Waals surface area contributed by atoms with E-state index in [-0.39, 0.29) is 5.41 Å². The van der Waals surface area contributed by atoms with Crippen molar-refractivity contribution in [2.45, 2.75) is 40.0 Å². The van der Waals surface area contributed by atoms with Crippen LogP contribution in [0.3, 0.4) is 0 Å². The molecule has 18 heavy (non-hydrogen) atoms. The van der Waals surface area contributed by atoms with E-state index in [0.717, 1.165) is 28.2 Å². The first-order chi connectivity index (χ1) is 8.43. The normalized spacial score (nSPS) is 39.5. The van der Waals surface area contributed by atoms with Gasteiger partial charge in [-0.2, -0.15) is 5.10 Å². The summed E-state index contributed by atoms with van der Waals surface area (Å²) < 4.78 is 0. The van der Waals surface area contributed by atoms with Crippen molar-refractivity contribution in [3.8, 4) is 0 Å². The molecule has 2 fully saturated rings. The van der Waals surface area contributed by atoms with Crippen LogP contribution in [-0.2, 0) is 0 Å². The van der Waals surface area contributed by atoms with Gasteiger partial charge in [0.25, 0.3) is 0 Å². The standard InChI is InChI=1S/C13H19N3S2/c1-12(2)8-4-5-13(12,3)9(6-8)15-16-11-14-10(17)7-18-11/h8H,4-7H2,1-3H3,(H,14,16,17)/b15-9+/t8-,13+/m1/s1. The number of thiocarbonyl (C=S) groups is 1. The lowest BCUT2D eigenvalue weighted by Gasteiger charge is -2.34. The smallest absolute Gasteiger partial charge is 0.183 e. The lowest BCUT2D eigenvalue weighted by molar-refractivity contribution is 0.193. The summed E-state index contributed by atoms with van der Waals surface area (Å²) in [4.78, 5) is 5.03. The van der Waals surface area contributed by atoms with Crippen LogP contribution in [0.5, 0.6) is 0 Å². The van der Waals surface area contributed by atoms with Crippen LogP contribution in [0, 0.1) is 16.7 Å². The van der Waals surface area contributed by atoms with Gasteiger partial charge in [-0.3, -0.25) is 5.43 Å². The third kappa shape index (κ3) is 1.67. The fourth-order valence-corrected chi connectivity index (χ4v) is 4.51. The second-order valence-electron chi connectivity index (χ2n) is 6.26. The fourth-order valence-electron chi connectivity index (χ4n) is 3.58. The van der Waals surface area contributed by atoms with Crippen molar-refractivity contribution in [2.75, 3.05) is 5.75 Å². The van der Waals surface area contributed by atoms with E-state index >= 15 is 0 Å². The lowest BCUT2D eigenvalue weighted by Crippen LogP contribution is -2.33. The van der Waals surface area contributed by atoms with Crippen LogP contribution in [-0.4, -0.2) is 21.6 Å². The Kier molecular flexibility index (Phi) is 2.83. The van der Waals surface area contributed by atoms with Crippen molar-refractivity contribution in [3.63, 3.8) is 0 Å². The van der Waals surface area contributed by atoms with E-state index in [4.69, 9.17) is 12.2 Å². The number of fused-ring (bicyclic) bond motifs is 2. The Morgan fingerprint density at radius 1 is 1.44 bits per heavy atom. The molecule has 1 aliphatic heterocycles. The average molecular weight is 281 g/mol. The molecule has 3 nitrogen and oxygen atoms in total. The summed E-state index contributed by atoms with van der Waals surface area (Å²) >= 11 is 6.70. The summed E-state index contributed by atoms with van der Waals surface area (Å²) in [6, 6.07) is 0. The third-order valence-corrected chi connectivity index (χ3v) is 6.65. The van der Waals surface area contributed by atoms with Gasteiger partial charge in [0.05, 0.1) is 5.75 Å². The lowest BCUT2D eigenvalue weighted by atomic mass is 9.70. The molecule has 2 atom stereocenters. The van der Waals surface area contributed by atoms with E-state index in [1.54, 1.807) is 11.8 Å². The van der Waals surface area contributed by atoms with Crippen LogP contribution in [0.1, 0.15) is 40.0 Å². The maximum absolute atomic E-state index is 5.06. The number of aliphatic imine (C=N–C) groups is 1. The number of rotatable bonds is 1. The van der Waals surface area contributed by atoms with Crippen molar-refractivity contribution in [1.29, 1.82) is 0 Å². The minimum Gasteiger partial charge on any atom is -0.256 e. The van der Waals surface area contributed by atoms with E-state index < -0.39 is 0 Å². The highest BCUT2D eigenvalue weighted by molar-refractivity contribution is 8.15. The summed E-state index contributed by atoms with van der Waals surface area (Å²) in [6.45, 7) is 7.16. The second-order valence-corrected chi connectivity index (χ2v) is 7.70. The highest BCUT2D eigenvalue weighted by atomic mass is 32.2. The fraction of sp³-hybridized carbons (Fsp3) is 0.769. The zero-order valence-electron chi connectivity index (χ0n) is 11.1. The minimum absolute atomic E-state index is 0.259. The highest BCUT2D eigenvalue weighted by Crippen LogP contribution is 2.63. The number of hydrazone groups is 1. The molecule has 0 radical (unpaired) electrons. The Bertz CT molecular complexity index is 467. The molecule has 1 heterocycles. The molecule has 0 saturated heterocycles.